The molecule has 1 aromatic heterocycles. The van der Waals surface area contributed by atoms with E-state index in [0.29, 0.717) is 6.54 Å². The van der Waals surface area contributed by atoms with Gasteiger partial charge in [0.05, 0.1) is 5.75 Å². The average molecular weight is 353 g/mol. The van der Waals surface area contributed by atoms with Crippen LogP contribution < -0.4 is 4.90 Å². The van der Waals surface area contributed by atoms with Crippen molar-refractivity contribution in [3.63, 3.8) is 0 Å². The monoisotopic (exact) mass is 353 g/mol. The van der Waals surface area contributed by atoms with Crippen LogP contribution in [0.5, 0.6) is 0 Å². The number of hydrogen-bond acceptors (Lipinski definition) is 4. The highest BCUT2D eigenvalue weighted by Crippen LogP contribution is 2.30. The lowest BCUT2D eigenvalue weighted by atomic mass is 10.0. The summed E-state index contributed by atoms with van der Waals surface area (Å²) in [5, 5.41) is -0.0523. The zero-order chi connectivity index (χ0) is 17.2. The van der Waals surface area contributed by atoms with Crippen LogP contribution >= 0.6 is 11.8 Å². The molecule has 0 atom stereocenters. The van der Waals surface area contributed by atoms with E-state index in [4.69, 9.17) is 0 Å². The van der Waals surface area contributed by atoms with Crippen LogP contribution in [0.1, 0.15) is 17.7 Å². The third-order valence-corrected chi connectivity index (χ3v) is 4.51. The molecule has 1 aliphatic rings. The minimum absolute atomic E-state index is 0.00432. The molecule has 0 aliphatic carbocycles. The van der Waals surface area contributed by atoms with E-state index in [2.05, 4.69) is 9.97 Å². The summed E-state index contributed by atoms with van der Waals surface area (Å²) in [4.78, 5) is 21.4. The smallest absolute Gasteiger partial charge is 0.311 e. The van der Waals surface area contributed by atoms with Crippen molar-refractivity contribution in [1.29, 1.82) is 0 Å². The zero-order valence-electron chi connectivity index (χ0n) is 12.6. The highest BCUT2D eigenvalue weighted by atomic mass is 32.2. The van der Waals surface area contributed by atoms with E-state index < -0.39 is 11.9 Å². The van der Waals surface area contributed by atoms with Gasteiger partial charge in [-0.15, -0.1) is 0 Å². The molecule has 1 aromatic carbocycles. The molecule has 2 aromatic rings. The molecule has 0 unspecified atom stereocenters. The van der Waals surface area contributed by atoms with E-state index in [-0.39, 0.29) is 16.8 Å². The summed E-state index contributed by atoms with van der Waals surface area (Å²) < 4.78 is 37.9. The van der Waals surface area contributed by atoms with Crippen molar-refractivity contribution in [2.24, 2.45) is 0 Å². The van der Waals surface area contributed by atoms with Gasteiger partial charge in [-0.25, -0.2) is 9.97 Å². The van der Waals surface area contributed by atoms with Crippen LogP contribution in [-0.2, 0) is 17.4 Å². The number of aromatic nitrogens is 2. The summed E-state index contributed by atoms with van der Waals surface area (Å²) >= 11 is 0.914. The number of nitrogens with zero attached hydrogens (tertiary/aromatic N) is 3. The predicted octanol–water partition coefficient (Wildman–Crippen LogP) is 3.57. The second-order valence-corrected chi connectivity index (χ2v) is 6.23. The molecule has 126 valence electrons. The van der Waals surface area contributed by atoms with Crippen LogP contribution in [0, 0.1) is 0 Å². The molecule has 0 bridgehead atoms. The van der Waals surface area contributed by atoms with Crippen LogP contribution in [0.2, 0.25) is 0 Å². The molecule has 0 N–H and O–H groups in total. The number of fused-ring (bicyclic) bond motifs is 1. The summed E-state index contributed by atoms with van der Waals surface area (Å²) in [5.41, 5.74) is 0.979. The van der Waals surface area contributed by atoms with Gasteiger partial charge < -0.3 is 4.90 Å². The van der Waals surface area contributed by atoms with Crippen molar-refractivity contribution in [3.05, 3.63) is 47.8 Å². The molecule has 8 heteroatoms. The van der Waals surface area contributed by atoms with Gasteiger partial charge in [-0.3, -0.25) is 4.79 Å². The molecular formula is C16H14F3N3OS. The van der Waals surface area contributed by atoms with Gasteiger partial charge in [-0.1, -0.05) is 30.0 Å². The van der Waals surface area contributed by atoms with Crippen molar-refractivity contribution in [2.45, 2.75) is 24.2 Å². The van der Waals surface area contributed by atoms with E-state index in [9.17, 15) is 18.0 Å². The van der Waals surface area contributed by atoms with Gasteiger partial charge in [0.1, 0.15) is 5.69 Å². The van der Waals surface area contributed by atoms with Crippen LogP contribution in [0.25, 0.3) is 0 Å². The average Bonchev–Trinajstić information content (AvgIpc) is 2.58. The summed E-state index contributed by atoms with van der Waals surface area (Å²) in [6, 6.07) is 8.48. The van der Waals surface area contributed by atoms with Gasteiger partial charge in [-0.2, -0.15) is 13.2 Å². The third kappa shape index (κ3) is 3.69. The lowest BCUT2D eigenvalue weighted by Gasteiger charge is -2.29. The van der Waals surface area contributed by atoms with Gasteiger partial charge in [0.15, 0.2) is 5.16 Å². The maximum Gasteiger partial charge on any atom is 0.433 e. The Hall–Kier alpha value is -2.09. The first-order valence-corrected chi connectivity index (χ1v) is 8.35. The van der Waals surface area contributed by atoms with Gasteiger partial charge in [-0.05, 0) is 30.5 Å². The molecule has 0 saturated heterocycles. The van der Waals surface area contributed by atoms with Gasteiger partial charge in [0.25, 0.3) is 0 Å². The molecule has 2 heterocycles. The fraction of sp³-hybridized carbons (Fsp3) is 0.312. The van der Waals surface area contributed by atoms with E-state index in [1.54, 1.807) is 4.90 Å². The highest BCUT2D eigenvalue weighted by molar-refractivity contribution is 7.99. The summed E-state index contributed by atoms with van der Waals surface area (Å²) in [5.74, 6) is -0.163. The number of aryl methyl sites for hydroxylation is 1. The van der Waals surface area contributed by atoms with Crippen LogP contribution in [0.15, 0.2) is 41.7 Å². The Bertz CT molecular complexity index is 751. The molecule has 0 radical (unpaired) electrons. The topological polar surface area (TPSA) is 46.1 Å². The lowest BCUT2D eigenvalue weighted by Crippen LogP contribution is -2.36. The maximum absolute atomic E-state index is 12.6. The minimum atomic E-state index is -4.52. The Balaban J connectivity index is 1.69. The first kappa shape index (κ1) is 16.8. The Kier molecular flexibility index (Phi) is 4.75. The van der Waals surface area contributed by atoms with Crippen molar-refractivity contribution in [3.8, 4) is 0 Å². The number of para-hydroxylation sites is 1. The molecular weight excluding hydrogens is 339 g/mol. The number of halogens is 3. The minimum Gasteiger partial charge on any atom is -0.311 e. The van der Waals surface area contributed by atoms with Crippen molar-refractivity contribution >= 4 is 23.4 Å². The Morgan fingerprint density at radius 1 is 1.25 bits per heavy atom. The third-order valence-electron chi connectivity index (χ3n) is 3.66. The Morgan fingerprint density at radius 2 is 2.04 bits per heavy atom. The standard InChI is InChI=1S/C16H14F3N3OS/c17-16(18,19)13-7-8-20-15(21-13)24-10-14(23)22-9-3-5-11-4-1-2-6-12(11)22/h1-2,4,6-8H,3,5,9-10H2. The first-order chi connectivity index (χ1) is 11.4. The lowest BCUT2D eigenvalue weighted by molar-refractivity contribution is -0.141. The Morgan fingerprint density at radius 3 is 2.83 bits per heavy atom. The number of carbonyl (C=O) groups is 1. The number of thioether (sulfide) groups is 1. The van der Waals surface area contributed by atoms with E-state index in [1.165, 1.54) is 0 Å². The number of benzene rings is 1. The van der Waals surface area contributed by atoms with Gasteiger partial charge in [0, 0.05) is 18.4 Å². The van der Waals surface area contributed by atoms with Crippen molar-refractivity contribution in [2.75, 3.05) is 17.2 Å². The fourth-order valence-electron chi connectivity index (χ4n) is 2.57. The van der Waals surface area contributed by atoms with E-state index in [0.717, 1.165) is 48.1 Å². The van der Waals surface area contributed by atoms with Crippen LogP contribution in [-0.4, -0.2) is 28.2 Å². The summed E-state index contributed by atoms with van der Waals surface area (Å²) in [7, 11) is 0. The molecule has 3 rings (SSSR count). The predicted molar refractivity (Wildman–Crippen MR) is 84.9 cm³/mol. The molecule has 24 heavy (non-hydrogen) atoms. The number of anilines is 1. The van der Waals surface area contributed by atoms with Crippen molar-refractivity contribution < 1.29 is 18.0 Å². The molecule has 0 spiro atoms. The molecule has 0 fully saturated rings. The van der Waals surface area contributed by atoms with E-state index in [1.807, 2.05) is 24.3 Å². The molecule has 4 nitrogen and oxygen atoms in total. The molecule has 0 saturated carbocycles. The quantitative estimate of drug-likeness (QED) is 0.625. The van der Waals surface area contributed by atoms with Crippen LogP contribution in [0.4, 0.5) is 18.9 Å². The number of carbonyl (C=O) groups excluding carboxylic acids is 1. The normalized spacial score (nSPS) is 14.4. The number of amides is 1. The second kappa shape index (κ2) is 6.80. The van der Waals surface area contributed by atoms with Crippen LogP contribution in [0.3, 0.4) is 0 Å². The Labute approximate surface area is 141 Å². The van der Waals surface area contributed by atoms with E-state index >= 15 is 0 Å². The maximum atomic E-state index is 12.6. The van der Waals surface area contributed by atoms with Gasteiger partial charge >= 0.3 is 6.18 Å². The largest absolute Gasteiger partial charge is 0.433 e. The van der Waals surface area contributed by atoms with Gasteiger partial charge in [0.2, 0.25) is 5.91 Å². The van der Waals surface area contributed by atoms with Crippen molar-refractivity contribution in [1.82, 2.24) is 9.97 Å². The zero-order valence-corrected chi connectivity index (χ0v) is 13.4. The number of rotatable bonds is 3. The SMILES string of the molecule is O=C(CSc1nccc(C(F)(F)F)n1)N1CCCc2ccccc21. The molecule has 1 amide bonds. The fourth-order valence-corrected chi connectivity index (χ4v) is 3.27. The highest BCUT2D eigenvalue weighted by Gasteiger charge is 2.33. The summed E-state index contributed by atoms with van der Waals surface area (Å²) in [6.45, 7) is 0.611. The second-order valence-electron chi connectivity index (χ2n) is 5.29. The molecule has 1 aliphatic heterocycles. The summed E-state index contributed by atoms with van der Waals surface area (Å²) in [6.07, 6.45) is -1.68. The number of hydrogen-bond donors (Lipinski definition) is 0. The number of alkyl halides is 3. The first-order valence-electron chi connectivity index (χ1n) is 7.36.